The zero-order chi connectivity index (χ0) is 13.0. The highest BCUT2D eigenvalue weighted by Gasteiger charge is 2.33. The van der Waals surface area contributed by atoms with Gasteiger partial charge in [-0.1, -0.05) is 27.2 Å². The Hall–Kier alpha value is -0.0800. The molecule has 0 aliphatic carbocycles. The standard InChI is InChI=1S/C16H32N2/c1-4-13(3)12-18(5-2)9-8-14-10-15-6-7-16(11-14)17-15/h13-17H,4-12H2,1-3H3. The smallest absolute Gasteiger partial charge is 0.00728 e. The molecule has 2 saturated heterocycles. The molecule has 0 saturated carbocycles. The van der Waals surface area contributed by atoms with E-state index in [0.717, 1.165) is 23.9 Å². The van der Waals surface area contributed by atoms with Crippen LogP contribution in [0, 0.1) is 11.8 Å². The fourth-order valence-electron chi connectivity index (χ4n) is 3.72. The van der Waals surface area contributed by atoms with Gasteiger partial charge in [-0.2, -0.15) is 0 Å². The molecular formula is C16H32N2. The average molecular weight is 252 g/mol. The molecule has 2 aliphatic rings. The van der Waals surface area contributed by atoms with E-state index in [1.54, 1.807) is 0 Å². The third-order valence-electron chi connectivity index (χ3n) is 5.14. The van der Waals surface area contributed by atoms with Crippen LogP contribution in [0.3, 0.4) is 0 Å². The van der Waals surface area contributed by atoms with Gasteiger partial charge >= 0.3 is 0 Å². The molecule has 2 bridgehead atoms. The van der Waals surface area contributed by atoms with Gasteiger partial charge < -0.3 is 10.2 Å². The Balaban J connectivity index is 1.69. The fourth-order valence-corrected chi connectivity index (χ4v) is 3.72. The van der Waals surface area contributed by atoms with Crippen molar-refractivity contribution in [1.82, 2.24) is 10.2 Å². The van der Waals surface area contributed by atoms with Crippen LogP contribution in [0.4, 0.5) is 0 Å². The van der Waals surface area contributed by atoms with Crippen LogP contribution in [-0.4, -0.2) is 36.6 Å². The Bertz CT molecular complexity index is 229. The number of fused-ring (bicyclic) bond motifs is 2. The van der Waals surface area contributed by atoms with Crippen LogP contribution in [0.25, 0.3) is 0 Å². The second-order valence-corrected chi connectivity index (χ2v) is 6.67. The van der Waals surface area contributed by atoms with Gasteiger partial charge in [0.15, 0.2) is 0 Å². The van der Waals surface area contributed by atoms with Crippen LogP contribution < -0.4 is 5.32 Å². The van der Waals surface area contributed by atoms with E-state index in [1.807, 2.05) is 0 Å². The van der Waals surface area contributed by atoms with Crippen molar-refractivity contribution < 1.29 is 0 Å². The first-order valence-electron chi connectivity index (χ1n) is 8.19. The number of piperidine rings is 1. The number of rotatable bonds is 7. The van der Waals surface area contributed by atoms with Gasteiger partial charge in [-0.15, -0.1) is 0 Å². The van der Waals surface area contributed by atoms with Crippen molar-refractivity contribution in [2.45, 2.75) is 71.4 Å². The molecule has 2 rings (SSSR count). The monoisotopic (exact) mass is 252 g/mol. The molecule has 2 fully saturated rings. The normalized spacial score (nSPS) is 33.0. The van der Waals surface area contributed by atoms with Gasteiger partial charge in [-0.3, -0.25) is 0 Å². The van der Waals surface area contributed by atoms with Crippen molar-refractivity contribution in [3.05, 3.63) is 0 Å². The van der Waals surface area contributed by atoms with Crippen molar-refractivity contribution in [2.24, 2.45) is 11.8 Å². The highest BCUT2D eigenvalue weighted by molar-refractivity contribution is 4.92. The SMILES string of the molecule is CCC(C)CN(CC)CCC1CC2CCC(C1)N2. The second-order valence-electron chi connectivity index (χ2n) is 6.67. The average Bonchev–Trinajstić information content (AvgIpc) is 2.73. The summed E-state index contributed by atoms with van der Waals surface area (Å²) in [7, 11) is 0. The molecule has 106 valence electrons. The largest absolute Gasteiger partial charge is 0.311 e. The van der Waals surface area contributed by atoms with Crippen LogP contribution in [0.2, 0.25) is 0 Å². The van der Waals surface area contributed by atoms with E-state index in [0.29, 0.717) is 0 Å². The maximum atomic E-state index is 3.75. The Morgan fingerprint density at radius 3 is 2.39 bits per heavy atom. The lowest BCUT2D eigenvalue weighted by Gasteiger charge is -2.31. The topological polar surface area (TPSA) is 15.3 Å². The van der Waals surface area contributed by atoms with Gasteiger partial charge in [0.25, 0.3) is 0 Å². The van der Waals surface area contributed by atoms with E-state index in [-0.39, 0.29) is 0 Å². The third-order valence-corrected chi connectivity index (χ3v) is 5.14. The van der Waals surface area contributed by atoms with E-state index < -0.39 is 0 Å². The molecule has 0 amide bonds. The van der Waals surface area contributed by atoms with Gasteiger partial charge in [0.1, 0.15) is 0 Å². The lowest BCUT2D eigenvalue weighted by Crippen LogP contribution is -2.39. The molecule has 2 heteroatoms. The van der Waals surface area contributed by atoms with Crippen molar-refractivity contribution in [3.63, 3.8) is 0 Å². The second kappa shape index (κ2) is 6.91. The van der Waals surface area contributed by atoms with Crippen LogP contribution in [0.5, 0.6) is 0 Å². The molecule has 3 atom stereocenters. The Kier molecular flexibility index (Phi) is 5.50. The summed E-state index contributed by atoms with van der Waals surface area (Å²) in [5, 5.41) is 3.75. The maximum absolute atomic E-state index is 3.75. The first-order chi connectivity index (χ1) is 8.71. The summed E-state index contributed by atoms with van der Waals surface area (Å²) in [5.41, 5.74) is 0. The quantitative estimate of drug-likeness (QED) is 0.748. The van der Waals surface area contributed by atoms with Gasteiger partial charge in [-0.05, 0) is 57.0 Å². The van der Waals surface area contributed by atoms with Crippen molar-refractivity contribution in [3.8, 4) is 0 Å². The molecule has 0 aromatic heterocycles. The van der Waals surface area contributed by atoms with E-state index in [2.05, 4.69) is 31.0 Å². The third kappa shape index (κ3) is 3.96. The zero-order valence-electron chi connectivity index (χ0n) is 12.6. The summed E-state index contributed by atoms with van der Waals surface area (Å²) in [4.78, 5) is 2.66. The Morgan fingerprint density at radius 2 is 1.83 bits per heavy atom. The molecule has 2 heterocycles. The number of hydrogen-bond donors (Lipinski definition) is 1. The Labute approximate surface area is 114 Å². The number of nitrogens with one attached hydrogen (secondary N) is 1. The van der Waals surface area contributed by atoms with Gasteiger partial charge in [0.2, 0.25) is 0 Å². The van der Waals surface area contributed by atoms with Gasteiger partial charge in [0.05, 0.1) is 0 Å². The highest BCUT2D eigenvalue weighted by atomic mass is 15.1. The van der Waals surface area contributed by atoms with Crippen molar-refractivity contribution in [2.75, 3.05) is 19.6 Å². The summed E-state index contributed by atoms with van der Waals surface area (Å²) in [6.45, 7) is 10.9. The summed E-state index contributed by atoms with van der Waals surface area (Å²) in [5.74, 6) is 1.85. The van der Waals surface area contributed by atoms with E-state index in [4.69, 9.17) is 0 Å². The molecule has 2 nitrogen and oxygen atoms in total. The molecule has 0 aromatic carbocycles. The summed E-state index contributed by atoms with van der Waals surface area (Å²) >= 11 is 0. The summed E-state index contributed by atoms with van der Waals surface area (Å²) in [6, 6.07) is 1.72. The summed E-state index contributed by atoms with van der Waals surface area (Å²) in [6.07, 6.45) is 8.50. The minimum absolute atomic E-state index is 0.856. The van der Waals surface area contributed by atoms with E-state index in [1.165, 1.54) is 58.2 Å². The predicted octanol–water partition coefficient (Wildman–Crippen LogP) is 3.28. The summed E-state index contributed by atoms with van der Waals surface area (Å²) < 4.78 is 0. The molecule has 2 aliphatic heterocycles. The lowest BCUT2D eigenvalue weighted by molar-refractivity contribution is 0.204. The van der Waals surface area contributed by atoms with E-state index in [9.17, 15) is 0 Å². The minimum Gasteiger partial charge on any atom is -0.311 e. The zero-order valence-corrected chi connectivity index (χ0v) is 12.6. The maximum Gasteiger partial charge on any atom is 0.00728 e. The minimum atomic E-state index is 0.856. The van der Waals surface area contributed by atoms with Crippen LogP contribution in [0.15, 0.2) is 0 Å². The molecule has 0 aromatic rings. The van der Waals surface area contributed by atoms with Crippen LogP contribution in [-0.2, 0) is 0 Å². The molecule has 18 heavy (non-hydrogen) atoms. The van der Waals surface area contributed by atoms with Crippen LogP contribution in [0.1, 0.15) is 59.3 Å². The lowest BCUT2D eigenvalue weighted by atomic mass is 9.89. The van der Waals surface area contributed by atoms with Gasteiger partial charge in [0, 0.05) is 18.6 Å². The molecule has 0 spiro atoms. The first-order valence-corrected chi connectivity index (χ1v) is 8.19. The van der Waals surface area contributed by atoms with E-state index >= 15 is 0 Å². The molecule has 3 unspecified atom stereocenters. The first kappa shape index (κ1) is 14.3. The molecule has 1 N–H and O–H groups in total. The Morgan fingerprint density at radius 1 is 1.17 bits per heavy atom. The number of nitrogens with zero attached hydrogens (tertiary/aromatic N) is 1. The van der Waals surface area contributed by atoms with Gasteiger partial charge in [-0.25, -0.2) is 0 Å². The van der Waals surface area contributed by atoms with Crippen molar-refractivity contribution in [1.29, 1.82) is 0 Å². The molecular weight excluding hydrogens is 220 g/mol. The predicted molar refractivity (Wildman–Crippen MR) is 78.9 cm³/mol. The van der Waals surface area contributed by atoms with Crippen LogP contribution >= 0.6 is 0 Å². The van der Waals surface area contributed by atoms with Crippen molar-refractivity contribution >= 4 is 0 Å². The highest BCUT2D eigenvalue weighted by Crippen LogP contribution is 2.32. The fraction of sp³-hybridized carbons (Fsp3) is 1.00. The molecule has 0 radical (unpaired) electrons. The number of hydrogen-bond acceptors (Lipinski definition) is 2.